The number of carboxylic acid groups (broad SMARTS) is 4. The lowest BCUT2D eigenvalue weighted by Gasteiger charge is -2.21. The van der Waals surface area contributed by atoms with E-state index >= 15 is 0 Å². The van der Waals surface area contributed by atoms with Crippen molar-refractivity contribution < 1.29 is 39.6 Å². The topological polar surface area (TPSA) is 149 Å². The fourth-order valence-corrected chi connectivity index (χ4v) is 3.10. The van der Waals surface area contributed by atoms with Crippen LogP contribution in [-0.4, -0.2) is 44.3 Å². The van der Waals surface area contributed by atoms with Crippen LogP contribution in [0.2, 0.25) is 0 Å². The average Bonchev–Trinajstić information content (AvgIpc) is 2.60. The number of unbranched alkanes of at least 4 members (excludes halogenated alkanes) is 4. The van der Waals surface area contributed by atoms with Gasteiger partial charge >= 0.3 is 23.9 Å². The van der Waals surface area contributed by atoms with E-state index in [4.69, 9.17) is 10.2 Å². The first-order valence-electron chi connectivity index (χ1n) is 9.75. The predicted molar refractivity (Wildman–Crippen MR) is 102 cm³/mol. The highest BCUT2D eigenvalue weighted by Gasteiger charge is 2.34. The molecule has 0 saturated heterocycles. The van der Waals surface area contributed by atoms with E-state index in [-0.39, 0.29) is 19.3 Å². The molecule has 0 bridgehead atoms. The molecule has 0 fully saturated rings. The Kier molecular flexibility index (Phi) is 13.4. The second-order valence-electron chi connectivity index (χ2n) is 7.00. The zero-order valence-corrected chi connectivity index (χ0v) is 16.4. The van der Waals surface area contributed by atoms with Crippen molar-refractivity contribution >= 4 is 23.9 Å². The lowest BCUT2D eigenvalue weighted by Crippen LogP contribution is -2.31. The molecular weight excluding hydrogens is 368 g/mol. The van der Waals surface area contributed by atoms with Crippen LogP contribution in [0, 0.1) is 17.8 Å². The minimum absolute atomic E-state index is 0.133. The molecule has 8 nitrogen and oxygen atoms in total. The van der Waals surface area contributed by atoms with Crippen molar-refractivity contribution in [3.63, 3.8) is 0 Å². The van der Waals surface area contributed by atoms with Crippen LogP contribution in [-0.2, 0) is 19.2 Å². The van der Waals surface area contributed by atoms with Crippen LogP contribution < -0.4 is 0 Å². The predicted octanol–water partition coefficient (Wildman–Crippen LogP) is 3.65. The van der Waals surface area contributed by atoms with Gasteiger partial charge in [-0.15, -0.1) is 0 Å². The molecule has 160 valence electrons. The van der Waals surface area contributed by atoms with E-state index < -0.39 is 48.1 Å². The summed E-state index contributed by atoms with van der Waals surface area (Å²) in [5.74, 6) is -8.82. The van der Waals surface area contributed by atoms with E-state index in [1.807, 2.05) is 12.2 Å². The van der Waals surface area contributed by atoms with Crippen molar-refractivity contribution in [3.05, 3.63) is 12.2 Å². The van der Waals surface area contributed by atoms with Crippen LogP contribution in [0.25, 0.3) is 0 Å². The van der Waals surface area contributed by atoms with Gasteiger partial charge in [0.1, 0.15) is 0 Å². The minimum atomic E-state index is -1.33. The first-order valence-corrected chi connectivity index (χ1v) is 9.75. The smallest absolute Gasteiger partial charge is 0.307 e. The van der Waals surface area contributed by atoms with Crippen molar-refractivity contribution in [3.8, 4) is 0 Å². The summed E-state index contributed by atoms with van der Waals surface area (Å²) < 4.78 is 0. The maximum absolute atomic E-state index is 11.5. The molecule has 0 spiro atoms. The van der Waals surface area contributed by atoms with Crippen molar-refractivity contribution in [1.82, 2.24) is 0 Å². The number of rotatable bonds is 17. The van der Waals surface area contributed by atoms with Gasteiger partial charge in [-0.3, -0.25) is 19.2 Å². The van der Waals surface area contributed by atoms with Crippen molar-refractivity contribution in [2.75, 3.05) is 0 Å². The lowest BCUT2D eigenvalue weighted by molar-refractivity contribution is -0.155. The van der Waals surface area contributed by atoms with Gasteiger partial charge in [-0.25, -0.2) is 0 Å². The third-order valence-electron chi connectivity index (χ3n) is 4.75. The number of carbonyl (C=O) groups is 4. The molecule has 0 aliphatic carbocycles. The third kappa shape index (κ3) is 11.4. The molecule has 0 aromatic rings. The molecule has 0 heterocycles. The van der Waals surface area contributed by atoms with Crippen LogP contribution in [0.1, 0.15) is 71.1 Å². The number of carboxylic acids is 4. The van der Waals surface area contributed by atoms with Crippen LogP contribution in [0.3, 0.4) is 0 Å². The van der Waals surface area contributed by atoms with Crippen LogP contribution >= 0.6 is 0 Å². The number of hydrogen-bond acceptors (Lipinski definition) is 4. The number of hydrogen-bond donors (Lipinski definition) is 4. The summed E-state index contributed by atoms with van der Waals surface area (Å²) >= 11 is 0. The fraction of sp³-hybridized carbons (Fsp3) is 0.700. The Bertz CT molecular complexity index is 540. The standard InChI is InChI=1S/C20H32O8/c1-2-3-4-5-6-7-8-9-10-15(19(25)26)16(20(27)28)12-11-14(18(23)24)13-17(21)22/h7-8,14-16H,2-6,9-13H2,1H3,(H,21,22)(H,23,24)(H,25,26)(H,27,28). The van der Waals surface area contributed by atoms with Crippen LogP contribution in [0.4, 0.5) is 0 Å². The number of aliphatic carboxylic acids is 4. The van der Waals surface area contributed by atoms with E-state index in [1.54, 1.807) is 0 Å². The van der Waals surface area contributed by atoms with E-state index in [9.17, 15) is 29.4 Å². The first-order chi connectivity index (χ1) is 13.2. The summed E-state index contributed by atoms with van der Waals surface area (Å²) in [6.45, 7) is 2.13. The SMILES string of the molecule is CCCCCCC=CCCC(C(=O)O)C(CCC(CC(=O)O)C(=O)O)C(=O)O. The summed E-state index contributed by atoms with van der Waals surface area (Å²) in [5.41, 5.74) is 0. The fourth-order valence-electron chi connectivity index (χ4n) is 3.10. The Balaban J connectivity index is 4.75. The third-order valence-corrected chi connectivity index (χ3v) is 4.75. The molecule has 3 unspecified atom stereocenters. The number of allylic oxidation sites excluding steroid dienone is 2. The lowest BCUT2D eigenvalue weighted by atomic mass is 9.82. The Morgan fingerprint density at radius 2 is 1.29 bits per heavy atom. The van der Waals surface area contributed by atoms with E-state index in [0.29, 0.717) is 6.42 Å². The van der Waals surface area contributed by atoms with Gasteiger partial charge in [0.2, 0.25) is 0 Å². The van der Waals surface area contributed by atoms with Crippen molar-refractivity contribution in [1.29, 1.82) is 0 Å². The van der Waals surface area contributed by atoms with Gasteiger partial charge in [-0.1, -0.05) is 38.3 Å². The second-order valence-corrected chi connectivity index (χ2v) is 7.00. The van der Waals surface area contributed by atoms with Crippen LogP contribution in [0.15, 0.2) is 12.2 Å². The highest BCUT2D eigenvalue weighted by molar-refractivity contribution is 5.80. The summed E-state index contributed by atoms with van der Waals surface area (Å²) in [6.07, 6.45) is 8.78. The largest absolute Gasteiger partial charge is 0.481 e. The molecule has 8 heteroatoms. The van der Waals surface area contributed by atoms with Gasteiger partial charge in [-0.05, 0) is 38.5 Å². The molecule has 0 rings (SSSR count). The Morgan fingerprint density at radius 3 is 1.79 bits per heavy atom. The monoisotopic (exact) mass is 400 g/mol. The molecular formula is C20H32O8. The summed E-state index contributed by atoms with van der Waals surface area (Å²) in [4.78, 5) is 44.9. The zero-order chi connectivity index (χ0) is 21.5. The first kappa shape index (κ1) is 25.6. The molecule has 0 radical (unpaired) electrons. The Labute approximate surface area is 165 Å². The normalized spacial score (nSPS) is 14.5. The van der Waals surface area contributed by atoms with Gasteiger partial charge in [0.25, 0.3) is 0 Å². The van der Waals surface area contributed by atoms with E-state index in [1.165, 1.54) is 6.42 Å². The molecule has 0 saturated carbocycles. The van der Waals surface area contributed by atoms with Gasteiger partial charge in [-0.2, -0.15) is 0 Å². The molecule has 0 aliphatic rings. The van der Waals surface area contributed by atoms with E-state index in [0.717, 1.165) is 25.7 Å². The maximum atomic E-state index is 11.5. The zero-order valence-electron chi connectivity index (χ0n) is 16.4. The molecule has 3 atom stereocenters. The minimum Gasteiger partial charge on any atom is -0.481 e. The molecule has 0 aromatic heterocycles. The average molecular weight is 400 g/mol. The quantitative estimate of drug-likeness (QED) is 0.213. The summed E-state index contributed by atoms with van der Waals surface area (Å²) in [7, 11) is 0. The Hall–Kier alpha value is -2.38. The van der Waals surface area contributed by atoms with Gasteiger partial charge < -0.3 is 20.4 Å². The second kappa shape index (κ2) is 14.6. The van der Waals surface area contributed by atoms with Crippen molar-refractivity contribution in [2.24, 2.45) is 17.8 Å². The van der Waals surface area contributed by atoms with Gasteiger partial charge in [0.05, 0.1) is 24.2 Å². The molecule has 0 aromatic carbocycles. The van der Waals surface area contributed by atoms with Crippen LogP contribution in [0.5, 0.6) is 0 Å². The molecule has 28 heavy (non-hydrogen) atoms. The maximum Gasteiger partial charge on any atom is 0.307 e. The highest BCUT2D eigenvalue weighted by Crippen LogP contribution is 2.27. The Morgan fingerprint density at radius 1 is 0.714 bits per heavy atom. The molecule has 4 N–H and O–H groups in total. The summed E-state index contributed by atoms with van der Waals surface area (Å²) in [5, 5.41) is 36.6. The van der Waals surface area contributed by atoms with Gasteiger partial charge in [0, 0.05) is 0 Å². The van der Waals surface area contributed by atoms with Gasteiger partial charge in [0.15, 0.2) is 0 Å². The highest BCUT2D eigenvalue weighted by atomic mass is 16.4. The van der Waals surface area contributed by atoms with E-state index in [2.05, 4.69) is 6.92 Å². The molecule has 0 amide bonds. The van der Waals surface area contributed by atoms with Crippen molar-refractivity contribution in [2.45, 2.75) is 71.1 Å². The summed E-state index contributed by atoms with van der Waals surface area (Å²) in [6, 6.07) is 0. The molecule has 0 aliphatic heterocycles.